The molecule has 21 heavy (non-hydrogen) atoms. The zero-order valence-corrected chi connectivity index (χ0v) is 11.0. The van der Waals surface area contributed by atoms with Crippen LogP contribution in [-0.4, -0.2) is 27.7 Å². The van der Waals surface area contributed by atoms with Gasteiger partial charge in [0.1, 0.15) is 0 Å². The van der Waals surface area contributed by atoms with Crippen LogP contribution in [0.25, 0.3) is 0 Å². The highest BCUT2D eigenvalue weighted by Gasteiger charge is 2.15. The number of rotatable bonds is 6. The summed E-state index contributed by atoms with van der Waals surface area (Å²) < 4.78 is 14.9. The van der Waals surface area contributed by atoms with Gasteiger partial charge in [-0.05, 0) is 6.07 Å². The molecule has 0 fully saturated rings. The number of carbonyl (C=O) groups excluding carboxylic acids is 1. The van der Waals surface area contributed by atoms with Crippen molar-refractivity contribution in [3.8, 4) is 5.75 Å². The van der Waals surface area contributed by atoms with Crippen LogP contribution in [0.3, 0.4) is 0 Å². The van der Waals surface area contributed by atoms with Crippen LogP contribution in [0.4, 0.5) is 5.69 Å². The molecule has 0 amide bonds. The molecule has 0 N–H and O–H groups in total. The summed E-state index contributed by atoms with van der Waals surface area (Å²) in [5.41, 5.74) is -0.224. The Morgan fingerprint density at radius 1 is 1.38 bits per heavy atom. The quantitative estimate of drug-likeness (QED) is 0.445. The van der Waals surface area contributed by atoms with Crippen LogP contribution in [0.2, 0.25) is 0 Å². The molecule has 1 aromatic carbocycles. The average molecular weight is 293 g/mol. The van der Waals surface area contributed by atoms with Crippen LogP contribution < -0.4 is 4.74 Å². The molecule has 110 valence electrons. The minimum absolute atomic E-state index is 0.00640. The fourth-order valence-corrected chi connectivity index (χ4v) is 1.45. The minimum atomic E-state index is -0.705. The van der Waals surface area contributed by atoms with E-state index in [1.165, 1.54) is 18.2 Å². The van der Waals surface area contributed by atoms with Crippen molar-refractivity contribution < 1.29 is 23.6 Å². The molecule has 0 aliphatic heterocycles. The van der Waals surface area contributed by atoms with Gasteiger partial charge in [-0.15, -0.1) is 10.2 Å². The molecule has 1 heterocycles. The summed E-state index contributed by atoms with van der Waals surface area (Å²) >= 11 is 0. The van der Waals surface area contributed by atoms with Crippen LogP contribution in [0.5, 0.6) is 5.75 Å². The highest BCUT2D eigenvalue weighted by molar-refractivity contribution is 5.71. The zero-order valence-electron chi connectivity index (χ0n) is 11.0. The molecule has 0 unspecified atom stereocenters. The third-order valence-corrected chi connectivity index (χ3v) is 2.33. The van der Waals surface area contributed by atoms with Gasteiger partial charge < -0.3 is 13.9 Å². The molecule has 0 atom stereocenters. The predicted molar refractivity (Wildman–Crippen MR) is 67.4 cm³/mol. The van der Waals surface area contributed by atoms with Crippen molar-refractivity contribution in [2.45, 2.75) is 13.5 Å². The zero-order chi connectivity index (χ0) is 15.2. The first-order valence-electron chi connectivity index (χ1n) is 5.87. The van der Waals surface area contributed by atoms with E-state index in [9.17, 15) is 14.9 Å². The molecule has 0 aliphatic rings. The van der Waals surface area contributed by atoms with Crippen LogP contribution in [0.1, 0.15) is 11.8 Å². The van der Waals surface area contributed by atoms with Gasteiger partial charge in [0.2, 0.25) is 5.89 Å². The maximum absolute atomic E-state index is 11.5. The van der Waals surface area contributed by atoms with E-state index in [-0.39, 0.29) is 23.9 Å². The van der Waals surface area contributed by atoms with Gasteiger partial charge in [0.25, 0.3) is 5.89 Å². The van der Waals surface area contributed by atoms with E-state index in [0.717, 1.165) is 0 Å². The third-order valence-electron chi connectivity index (χ3n) is 2.33. The van der Waals surface area contributed by atoms with E-state index in [2.05, 4.69) is 10.2 Å². The molecule has 2 aromatic rings. The summed E-state index contributed by atoms with van der Waals surface area (Å²) in [6.07, 6.45) is 0. The van der Waals surface area contributed by atoms with E-state index in [4.69, 9.17) is 13.9 Å². The van der Waals surface area contributed by atoms with Crippen LogP contribution in [0, 0.1) is 17.0 Å². The number of esters is 1. The monoisotopic (exact) mass is 293 g/mol. The number of hydrogen-bond donors (Lipinski definition) is 0. The van der Waals surface area contributed by atoms with Crippen LogP contribution in [-0.2, 0) is 16.1 Å². The van der Waals surface area contributed by atoms with Gasteiger partial charge in [0.05, 0.1) is 4.92 Å². The smallest absolute Gasteiger partial charge is 0.344 e. The Morgan fingerprint density at radius 3 is 2.81 bits per heavy atom. The lowest BCUT2D eigenvalue weighted by molar-refractivity contribution is -0.385. The van der Waals surface area contributed by atoms with Gasteiger partial charge in [0.15, 0.2) is 19.0 Å². The molecule has 0 saturated heterocycles. The number of para-hydroxylation sites is 2. The van der Waals surface area contributed by atoms with Gasteiger partial charge in [-0.2, -0.15) is 0 Å². The Kier molecular flexibility index (Phi) is 4.44. The lowest BCUT2D eigenvalue weighted by Crippen LogP contribution is -2.15. The number of aromatic nitrogens is 2. The van der Waals surface area contributed by atoms with E-state index in [1.54, 1.807) is 13.0 Å². The van der Waals surface area contributed by atoms with Gasteiger partial charge in [0, 0.05) is 13.0 Å². The second kappa shape index (κ2) is 6.46. The van der Waals surface area contributed by atoms with Crippen molar-refractivity contribution in [3.05, 3.63) is 46.2 Å². The van der Waals surface area contributed by atoms with Crippen molar-refractivity contribution in [3.63, 3.8) is 0 Å². The van der Waals surface area contributed by atoms with Crippen molar-refractivity contribution >= 4 is 11.7 Å². The predicted octanol–water partition coefficient (Wildman–Crippen LogP) is 1.41. The molecule has 0 radical (unpaired) electrons. The molecule has 0 aliphatic carbocycles. The molecular weight excluding hydrogens is 282 g/mol. The highest BCUT2D eigenvalue weighted by atomic mass is 16.6. The Labute approximate surface area is 118 Å². The molecular formula is C12H11N3O6. The van der Waals surface area contributed by atoms with E-state index < -0.39 is 17.5 Å². The molecule has 1 aromatic heterocycles. The normalized spacial score (nSPS) is 10.1. The lowest BCUT2D eigenvalue weighted by atomic mass is 10.3. The van der Waals surface area contributed by atoms with Crippen LogP contribution >= 0.6 is 0 Å². The summed E-state index contributed by atoms with van der Waals surface area (Å²) in [7, 11) is 0. The molecule has 0 bridgehead atoms. The number of nitro benzene ring substituents is 1. The fourth-order valence-electron chi connectivity index (χ4n) is 1.45. The SMILES string of the molecule is Cc1nnc(COC(=O)COc2ccccc2[N+](=O)[O-])o1. The highest BCUT2D eigenvalue weighted by Crippen LogP contribution is 2.25. The van der Waals surface area contributed by atoms with Gasteiger partial charge in [-0.1, -0.05) is 12.1 Å². The summed E-state index contributed by atoms with van der Waals surface area (Å²) in [6, 6.07) is 5.74. The number of carbonyl (C=O) groups is 1. The van der Waals surface area contributed by atoms with E-state index >= 15 is 0 Å². The van der Waals surface area contributed by atoms with Crippen LogP contribution in [0.15, 0.2) is 28.7 Å². The molecule has 0 spiro atoms. The standard InChI is InChI=1S/C12H11N3O6/c1-8-13-14-11(21-8)6-20-12(16)7-19-10-5-3-2-4-9(10)15(17)18/h2-5H,6-7H2,1H3. The number of hydrogen-bond acceptors (Lipinski definition) is 8. The topological polar surface area (TPSA) is 118 Å². The number of nitro groups is 1. The minimum Gasteiger partial charge on any atom is -0.475 e. The van der Waals surface area contributed by atoms with E-state index in [0.29, 0.717) is 5.89 Å². The van der Waals surface area contributed by atoms with Crippen molar-refractivity contribution in [2.24, 2.45) is 0 Å². The summed E-state index contributed by atoms with van der Waals surface area (Å²) in [4.78, 5) is 21.6. The number of benzene rings is 1. The summed E-state index contributed by atoms with van der Waals surface area (Å²) in [5, 5.41) is 18.0. The largest absolute Gasteiger partial charge is 0.475 e. The van der Waals surface area contributed by atoms with Gasteiger partial charge in [-0.25, -0.2) is 4.79 Å². The summed E-state index contributed by atoms with van der Waals surface area (Å²) in [6.45, 7) is 0.966. The Bertz CT molecular complexity index is 654. The first-order valence-corrected chi connectivity index (χ1v) is 5.87. The summed E-state index contributed by atoms with van der Waals surface area (Å²) in [5.74, 6) is -0.194. The van der Waals surface area contributed by atoms with Gasteiger partial charge in [-0.3, -0.25) is 10.1 Å². The first-order chi connectivity index (χ1) is 10.1. The van der Waals surface area contributed by atoms with Gasteiger partial charge >= 0.3 is 11.7 Å². The van der Waals surface area contributed by atoms with E-state index in [1.807, 2.05) is 0 Å². The third kappa shape index (κ3) is 4.00. The molecule has 9 nitrogen and oxygen atoms in total. The maximum atomic E-state index is 11.5. The molecule has 9 heteroatoms. The number of aryl methyl sites for hydroxylation is 1. The Hall–Kier alpha value is -2.97. The first kappa shape index (κ1) is 14.4. The second-order valence-electron chi connectivity index (χ2n) is 3.89. The van der Waals surface area contributed by atoms with Crippen molar-refractivity contribution in [2.75, 3.05) is 6.61 Å². The number of nitrogens with zero attached hydrogens (tertiary/aromatic N) is 3. The number of ether oxygens (including phenoxy) is 2. The Balaban J connectivity index is 1.85. The molecule has 0 saturated carbocycles. The lowest BCUT2D eigenvalue weighted by Gasteiger charge is -2.05. The fraction of sp³-hybridized carbons (Fsp3) is 0.250. The van der Waals surface area contributed by atoms with Crippen molar-refractivity contribution in [1.82, 2.24) is 10.2 Å². The Morgan fingerprint density at radius 2 is 2.14 bits per heavy atom. The van der Waals surface area contributed by atoms with Crippen molar-refractivity contribution in [1.29, 1.82) is 0 Å². The average Bonchev–Trinajstić information content (AvgIpc) is 2.88. The molecule has 2 rings (SSSR count). The second-order valence-corrected chi connectivity index (χ2v) is 3.89. The maximum Gasteiger partial charge on any atom is 0.344 e.